The van der Waals surface area contributed by atoms with Crippen LogP contribution in [-0.2, 0) is 32.7 Å². The Morgan fingerprint density at radius 1 is 0.566 bits per heavy atom. The summed E-state index contributed by atoms with van der Waals surface area (Å²) in [4.78, 5) is 34.7. The fraction of sp³-hybridized carbons (Fsp3) is 0.674. The zero-order valence-electron chi connectivity index (χ0n) is 33.2. The van der Waals surface area contributed by atoms with Gasteiger partial charge in [0.05, 0.1) is 13.2 Å². The standard InChI is InChI=1S/C43H74NO8P/c1-3-5-7-9-11-13-15-17-19-20-22-24-26-28-30-32-34-36-43(46)52-41(40-51-53(47,48)50-38-37-44)39-49-42(45)35-33-31-29-27-25-23-21-18-16-14-12-10-8-6-4-2/h11,13,17-19,21-22,24-25,27-28,30,41H,3-10,12,14-16,20,23,26,29,31-40,44H2,1-2H3,(H,47,48)/b13-11+,19-17+,21-18+,24-22+,27-25+,30-28+/t41-/m1/s1. The molecule has 0 aromatic rings. The van der Waals surface area contributed by atoms with Gasteiger partial charge in [-0.15, -0.1) is 0 Å². The molecule has 0 amide bonds. The van der Waals surface area contributed by atoms with Crippen LogP contribution in [0.5, 0.6) is 0 Å². The number of phosphoric ester groups is 1. The first-order valence-corrected chi connectivity index (χ1v) is 21.9. The van der Waals surface area contributed by atoms with Gasteiger partial charge in [-0.05, 0) is 83.5 Å². The molecule has 0 aromatic carbocycles. The Bertz CT molecular complexity index is 1100. The van der Waals surface area contributed by atoms with E-state index in [1.165, 1.54) is 64.2 Å². The fourth-order valence-electron chi connectivity index (χ4n) is 5.01. The van der Waals surface area contributed by atoms with Gasteiger partial charge < -0.3 is 20.1 Å². The number of nitrogens with two attached hydrogens (primary N) is 1. The van der Waals surface area contributed by atoms with E-state index in [0.29, 0.717) is 19.3 Å². The summed E-state index contributed by atoms with van der Waals surface area (Å²) in [5.41, 5.74) is 5.33. The predicted octanol–water partition coefficient (Wildman–Crippen LogP) is 11.5. The molecule has 0 saturated heterocycles. The van der Waals surface area contributed by atoms with Crippen molar-refractivity contribution in [3.8, 4) is 0 Å². The Kier molecular flexibility index (Phi) is 37.3. The predicted molar refractivity (Wildman–Crippen MR) is 219 cm³/mol. The second-order valence-corrected chi connectivity index (χ2v) is 14.6. The SMILES string of the molecule is CCCCC/C=C/C/C=C/C/C=C/C/C=C/CCCC(=O)O[C@H](COC(=O)CCCC/C=C/C/C=C/CCCCCCCC)COP(=O)(O)OCCN. The molecule has 0 heterocycles. The summed E-state index contributed by atoms with van der Waals surface area (Å²) < 4.78 is 32.6. The minimum atomic E-state index is -4.40. The van der Waals surface area contributed by atoms with E-state index in [2.05, 4.69) is 80.7 Å². The van der Waals surface area contributed by atoms with Crippen LogP contribution in [0.4, 0.5) is 0 Å². The number of unbranched alkanes of at least 4 members (excludes halogenated alkanes) is 12. The van der Waals surface area contributed by atoms with Gasteiger partial charge in [0.1, 0.15) is 6.61 Å². The van der Waals surface area contributed by atoms with Gasteiger partial charge in [-0.1, -0.05) is 132 Å². The van der Waals surface area contributed by atoms with E-state index < -0.39 is 32.5 Å². The van der Waals surface area contributed by atoms with Gasteiger partial charge in [-0.3, -0.25) is 18.6 Å². The minimum Gasteiger partial charge on any atom is -0.462 e. The highest BCUT2D eigenvalue weighted by atomic mass is 31.2. The average Bonchev–Trinajstić information content (AvgIpc) is 3.14. The highest BCUT2D eigenvalue weighted by molar-refractivity contribution is 7.47. The van der Waals surface area contributed by atoms with Crippen molar-refractivity contribution in [3.05, 3.63) is 72.9 Å². The summed E-state index contributed by atoms with van der Waals surface area (Å²) in [6.45, 7) is 3.57. The van der Waals surface area contributed by atoms with Crippen LogP contribution in [-0.4, -0.2) is 49.3 Å². The van der Waals surface area contributed by atoms with E-state index in [-0.39, 0.29) is 32.6 Å². The Morgan fingerprint density at radius 3 is 1.55 bits per heavy atom. The fourth-order valence-corrected chi connectivity index (χ4v) is 5.77. The number of phosphoric acid groups is 1. The number of esters is 2. The molecule has 0 radical (unpaired) electrons. The van der Waals surface area contributed by atoms with Crippen LogP contribution in [0.2, 0.25) is 0 Å². The maximum atomic E-state index is 12.5. The number of ether oxygens (including phenoxy) is 2. The van der Waals surface area contributed by atoms with Crippen LogP contribution >= 0.6 is 7.82 Å². The van der Waals surface area contributed by atoms with Gasteiger partial charge in [0.25, 0.3) is 0 Å². The molecule has 10 heteroatoms. The second-order valence-electron chi connectivity index (χ2n) is 13.1. The van der Waals surface area contributed by atoms with Gasteiger partial charge >= 0.3 is 19.8 Å². The minimum absolute atomic E-state index is 0.0372. The first-order valence-electron chi connectivity index (χ1n) is 20.4. The molecular formula is C43H74NO8P. The number of hydrogen-bond donors (Lipinski definition) is 2. The summed E-state index contributed by atoms with van der Waals surface area (Å²) in [6.07, 6.45) is 46.6. The largest absolute Gasteiger partial charge is 0.472 e. The summed E-state index contributed by atoms with van der Waals surface area (Å²) in [5, 5.41) is 0. The van der Waals surface area contributed by atoms with Crippen molar-refractivity contribution < 1.29 is 37.6 Å². The van der Waals surface area contributed by atoms with E-state index in [9.17, 15) is 19.0 Å². The smallest absolute Gasteiger partial charge is 0.462 e. The maximum absolute atomic E-state index is 12.5. The Hall–Kier alpha value is -2.55. The topological polar surface area (TPSA) is 134 Å². The van der Waals surface area contributed by atoms with Crippen LogP contribution in [0.1, 0.15) is 155 Å². The monoisotopic (exact) mass is 764 g/mol. The van der Waals surface area contributed by atoms with Crippen LogP contribution in [0, 0.1) is 0 Å². The summed E-state index contributed by atoms with van der Waals surface area (Å²) in [6, 6.07) is 0. The van der Waals surface area contributed by atoms with E-state index in [0.717, 1.165) is 44.9 Å². The molecule has 304 valence electrons. The second kappa shape index (κ2) is 39.2. The first-order chi connectivity index (χ1) is 25.8. The lowest BCUT2D eigenvalue weighted by molar-refractivity contribution is -0.161. The van der Waals surface area contributed by atoms with Crippen molar-refractivity contribution in [2.45, 2.75) is 161 Å². The Balaban J connectivity index is 4.37. The molecule has 3 N–H and O–H groups in total. The molecule has 0 rings (SSSR count). The molecule has 0 aliphatic rings. The molecule has 0 spiro atoms. The highest BCUT2D eigenvalue weighted by Gasteiger charge is 2.25. The van der Waals surface area contributed by atoms with E-state index in [1.807, 2.05) is 6.08 Å². The molecular weight excluding hydrogens is 689 g/mol. The average molecular weight is 764 g/mol. The molecule has 0 aliphatic heterocycles. The zero-order valence-corrected chi connectivity index (χ0v) is 34.1. The van der Waals surface area contributed by atoms with Crippen LogP contribution < -0.4 is 5.73 Å². The van der Waals surface area contributed by atoms with Gasteiger partial charge in [-0.2, -0.15) is 0 Å². The van der Waals surface area contributed by atoms with Gasteiger partial charge in [0.15, 0.2) is 6.10 Å². The molecule has 0 aliphatic carbocycles. The summed E-state index contributed by atoms with van der Waals surface area (Å²) in [5.74, 6) is -0.940. The molecule has 0 fully saturated rings. The van der Waals surface area contributed by atoms with Crippen molar-refractivity contribution in [1.29, 1.82) is 0 Å². The normalized spacial score (nSPS) is 14.1. The number of rotatable bonds is 37. The van der Waals surface area contributed by atoms with Gasteiger partial charge in [0, 0.05) is 19.4 Å². The van der Waals surface area contributed by atoms with Crippen LogP contribution in [0.15, 0.2) is 72.9 Å². The number of allylic oxidation sites excluding steroid dienone is 12. The van der Waals surface area contributed by atoms with Crippen LogP contribution in [0.25, 0.3) is 0 Å². The van der Waals surface area contributed by atoms with Crippen molar-refractivity contribution in [1.82, 2.24) is 0 Å². The number of carbonyl (C=O) groups excluding carboxylic acids is 2. The number of carbonyl (C=O) groups is 2. The third kappa shape index (κ3) is 39.0. The molecule has 9 nitrogen and oxygen atoms in total. The van der Waals surface area contributed by atoms with Crippen LogP contribution in [0.3, 0.4) is 0 Å². The van der Waals surface area contributed by atoms with Crippen molar-refractivity contribution in [2.75, 3.05) is 26.4 Å². The summed E-state index contributed by atoms with van der Waals surface area (Å²) in [7, 11) is -4.40. The van der Waals surface area contributed by atoms with E-state index >= 15 is 0 Å². The number of hydrogen-bond acceptors (Lipinski definition) is 8. The molecule has 1 unspecified atom stereocenters. The molecule has 0 aromatic heterocycles. The van der Waals surface area contributed by atoms with E-state index in [4.69, 9.17) is 24.3 Å². The lowest BCUT2D eigenvalue weighted by Crippen LogP contribution is -2.29. The lowest BCUT2D eigenvalue weighted by atomic mass is 10.1. The van der Waals surface area contributed by atoms with E-state index in [1.54, 1.807) is 0 Å². The molecule has 0 saturated carbocycles. The quantitative estimate of drug-likeness (QED) is 0.0274. The zero-order chi connectivity index (χ0) is 38.9. The third-order valence-electron chi connectivity index (χ3n) is 8.06. The van der Waals surface area contributed by atoms with Crippen molar-refractivity contribution in [3.63, 3.8) is 0 Å². The highest BCUT2D eigenvalue weighted by Crippen LogP contribution is 2.43. The Morgan fingerprint density at radius 2 is 1.00 bits per heavy atom. The summed E-state index contributed by atoms with van der Waals surface area (Å²) >= 11 is 0. The van der Waals surface area contributed by atoms with Crippen molar-refractivity contribution in [2.24, 2.45) is 5.73 Å². The Labute approximate surface area is 322 Å². The third-order valence-corrected chi connectivity index (χ3v) is 9.05. The molecule has 0 bridgehead atoms. The van der Waals surface area contributed by atoms with Gasteiger partial charge in [-0.25, -0.2) is 4.57 Å². The lowest BCUT2D eigenvalue weighted by Gasteiger charge is -2.19. The molecule has 2 atom stereocenters. The molecule has 53 heavy (non-hydrogen) atoms. The first kappa shape index (κ1) is 50.5. The maximum Gasteiger partial charge on any atom is 0.472 e. The van der Waals surface area contributed by atoms with Crippen molar-refractivity contribution >= 4 is 19.8 Å². The van der Waals surface area contributed by atoms with Gasteiger partial charge in [0.2, 0.25) is 0 Å².